The van der Waals surface area contributed by atoms with Crippen LogP contribution in [0.15, 0.2) is 24.3 Å². The molecule has 1 amide bonds. The van der Waals surface area contributed by atoms with Crippen molar-refractivity contribution in [2.24, 2.45) is 0 Å². The number of esters is 1. The van der Waals surface area contributed by atoms with Gasteiger partial charge >= 0.3 is 5.97 Å². The van der Waals surface area contributed by atoms with Crippen molar-refractivity contribution < 1.29 is 24.2 Å². The number of anilines is 1. The van der Waals surface area contributed by atoms with Crippen molar-refractivity contribution in [2.45, 2.75) is 38.2 Å². The Bertz CT molecular complexity index is 472. The highest BCUT2D eigenvalue weighted by molar-refractivity contribution is 5.93. The molecule has 0 saturated heterocycles. The van der Waals surface area contributed by atoms with Crippen LogP contribution in [-0.4, -0.2) is 37.3 Å². The number of methoxy groups -OCH3 is 2. The van der Waals surface area contributed by atoms with E-state index < -0.39 is 12.0 Å². The van der Waals surface area contributed by atoms with Crippen molar-refractivity contribution in [1.82, 2.24) is 0 Å². The van der Waals surface area contributed by atoms with Gasteiger partial charge in [0.2, 0.25) is 0 Å². The molecule has 6 heteroatoms. The van der Waals surface area contributed by atoms with Crippen molar-refractivity contribution in [3.05, 3.63) is 24.3 Å². The second-order valence-electron chi connectivity index (χ2n) is 4.91. The maximum Gasteiger partial charge on any atom is 0.305 e. The fourth-order valence-electron chi connectivity index (χ4n) is 1.92. The lowest BCUT2D eigenvalue weighted by Crippen LogP contribution is -2.27. The van der Waals surface area contributed by atoms with E-state index in [1.807, 2.05) is 0 Å². The topological polar surface area (TPSA) is 84.9 Å². The molecule has 1 atom stereocenters. The molecule has 1 rings (SSSR count). The summed E-state index contributed by atoms with van der Waals surface area (Å²) in [6.45, 7) is 0. The molecule has 2 N–H and O–H groups in total. The predicted octanol–water partition coefficient (Wildman–Crippen LogP) is 2.12. The minimum atomic E-state index is -1.06. The van der Waals surface area contributed by atoms with Gasteiger partial charge in [-0.2, -0.15) is 0 Å². The molecule has 0 saturated carbocycles. The summed E-state index contributed by atoms with van der Waals surface area (Å²) in [6.07, 6.45) is 1.81. The van der Waals surface area contributed by atoms with Gasteiger partial charge in [0.15, 0.2) is 0 Å². The summed E-state index contributed by atoms with van der Waals surface area (Å²) in [5.74, 6) is 0.0279. The number of nitrogens with one attached hydrogen (secondary N) is 1. The van der Waals surface area contributed by atoms with Gasteiger partial charge in [0.05, 0.1) is 14.2 Å². The zero-order valence-corrected chi connectivity index (χ0v) is 13.0. The monoisotopic (exact) mass is 309 g/mol. The zero-order chi connectivity index (χ0) is 16.4. The third-order valence-corrected chi connectivity index (χ3v) is 3.25. The van der Waals surface area contributed by atoms with Gasteiger partial charge < -0.3 is 19.9 Å². The molecule has 1 unspecified atom stereocenters. The van der Waals surface area contributed by atoms with Gasteiger partial charge in [-0.1, -0.05) is 12.8 Å². The molecule has 0 aliphatic rings. The van der Waals surface area contributed by atoms with Crippen LogP contribution >= 0.6 is 0 Å². The highest BCUT2D eigenvalue weighted by Crippen LogP contribution is 2.15. The number of carbonyl (C=O) groups excluding carboxylic acids is 2. The standard InChI is InChI=1S/C16H23NO5/c1-21-13-10-8-12(9-11-13)17-16(20)14(18)6-4-3-5-7-15(19)22-2/h8-11,14,18H,3-7H2,1-2H3,(H,17,20). The number of hydrogen-bond donors (Lipinski definition) is 2. The van der Waals surface area contributed by atoms with Crippen molar-refractivity contribution in [3.8, 4) is 5.75 Å². The molecule has 1 aromatic rings. The third kappa shape index (κ3) is 6.58. The molecule has 0 spiro atoms. The Morgan fingerprint density at radius 3 is 2.41 bits per heavy atom. The van der Waals surface area contributed by atoms with E-state index in [0.717, 1.165) is 6.42 Å². The van der Waals surface area contributed by atoms with E-state index in [9.17, 15) is 14.7 Å². The number of aliphatic hydroxyl groups is 1. The summed E-state index contributed by atoms with van der Waals surface area (Å²) >= 11 is 0. The SMILES string of the molecule is COC(=O)CCCCCC(O)C(=O)Nc1ccc(OC)cc1. The Labute approximate surface area is 130 Å². The van der Waals surface area contributed by atoms with Crippen molar-refractivity contribution in [2.75, 3.05) is 19.5 Å². The molecule has 22 heavy (non-hydrogen) atoms. The number of ether oxygens (including phenoxy) is 2. The molecule has 6 nitrogen and oxygen atoms in total. The number of benzene rings is 1. The average Bonchev–Trinajstić information content (AvgIpc) is 2.54. The van der Waals surface area contributed by atoms with Crippen LogP contribution in [0.25, 0.3) is 0 Å². The van der Waals surface area contributed by atoms with Gasteiger partial charge in [-0.05, 0) is 37.1 Å². The largest absolute Gasteiger partial charge is 0.497 e. The van der Waals surface area contributed by atoms with Crippen LogP contribution in [0.1, 0.15) is 32.1 Å². The Hall–Kier alpha value is -2.08. The molecule has 122 valence electrons. The number of rotatable bonds is 9. The van der Waals surface area contributed by atoms with E-state index in [-0.39, 0.29) is 5.97 Å². The lowest BCUT2D eigenvalue weighted by molar-refractivity contribution is -0.140. The van der Waals surface area contributed by atoms with Gasteiger partial charge in [-0.15, -0.1) is 0 Å². The first-order chi connectivity index (χ1) is 10.6. The molecule has 0 aliphatic carbocycles. The summed E-state index contributed by atoms with van der Waals surface area (Å²) in [4.78, 5) is 22.7. The molecule has 1 aromatic carbocycles. The molecule has 0 aromatic heterocycles. The molecule has 0 fully saturated rings. The maximum atomic E-state index is 11.8. The van der Waals surface area contributed by atoms with Crippen LogP contribution < -0.4 is 10.1 Å². The summed E-state index contributed by atoms with van der Waals surface area (Å²) in [6, 6.07) is 6.88. The second kappa shape index (κ2) is 9.78. The van der Waals surface area contributed by atoms with Crippen molar-refractivity contribution >= 4 is 17.6 Å². The highest BCUT2D eigenvalue weighted by atomic mass is 16.5. The smallest absolute Gasteiger partial charge is 0.305 e. The first-order valence-corrected chi connectivity index (χ1v) is 7.26. The lowest BCUT2D eigenvalue weighted by atomic mass is 10.1. The van der Waals surface area contributed by atoms with Crippen LogP contribution in [0.5, 0.6) is 5.75 Å². The quantitative estimate of drug-likeness (QED) is 0.539. The number of aliphatic hydroxyl groups excluding tert-OH is 1. The minimum Gasteiger partial charge on any atom is -0.497 e. The fraction of sp³-hybridized carbons (Fsp3) is 0.500. The van der Waals surface area contributed by atoms with Crippen LogP contribution in [0.2, 0.25) is 0 Å². The fourth-order valence-corrected chi connectivity index (χ4v) is 1.92. The summed E-state index contributed by atoms with van der Waals surface area (Å²) in [5.41, 5.74) is 0.607. The van der Waals surface area contributed by atoms with Gasteiger partial charge in [0.1, 0.15) is 11.9 Å². The Morgan fingerprint density at radius 1 is 1.14 bits per heavy atom. The maximum absolute atomic E-state index is 11.8. The van der Waals surface area contributed by atoms with E-state index in [1.165, 1.54) is 7.11 Å². The first kappa shape index (κ1) is 18.0. The summed E-state index contributed by atoms with van der Waals surface area (Å²) < 4.78 is 9.57. The van der Waals surface area contributed by atoms with E-state index >= 15 is 0 Å². The second-order valence-corrected chi connectivity index (χ2v) is 4.91. The van der Waals surface area contributed by atoms with E-state index in [2.05, 4.69) is 10.1 Å². The summed E-state index contributed by atoms with van der Waals surface area (Å²) in [7, 11) is 2.92. The van der Waals surface area contributed by atoms with E-state index in [4.69, 9.17) is 4.74 Å². The molecule has 0 heterocycles. The van der Waals surface area contributed by atoms with Crippen molar-refractivity contribution in [3.63, 3.8) is 0 Å². The van der Waals surface area contributed by atoms with Crippen LogP contribution in [0, 0.1) is 0 Å². The number of hydrogen-bond acceptors (Lipinski definition) is 5. The molecule has 0 bridgehead atoms. The number of carbonyl (C=O) groups is 2. The number of amides is 1. The molecule has 0 radical (unpaired) electrons. The molecule has 0 aliphatic heterocycles. The normalized spacial score (nSPS) is 11.6. The first-order valence-electron chi connectivity index (χ1n) is 7.26. The van der Waals surface area contributed by atoms with Gasteiger partial charge in [0, 0.05) is 12.1 Å². The van der Waals surface area contributed by atoms with Crippen LogP contribution in [-0.2, 0) is 14.3 Å². The Morgan fingerprint density at radius 2 is 1.82 bits per heavy atom. The highest BCUT2D eigenvalue weighted by Gasteiger charge is 2.14. The molecular weight excluding hydrogens is 286 g/mol. The summed E-state index contributed by atoms with van der Waals surface area (Å²) in [5, 5.41) is 12.4. The zero-order valence-electron chi connectivity index (χ0n) is 13.0. The minimum absolute atomic E-state index is 0.238. The lowest BCUT2D eigenvalue weighted by Gasteiger charge is -2.11. The Kier molecular flexibility index (Phi) is 7.99. The molecular formula is C16H23NO5. The third-order valence-electron chi connectivity index (χ3n) is 3.25. The van der Waals surface area contributed by atoms with Crippen LogP contribution in [0.4, 0.5) is 5.69 Å². The van der Waals surface area contributed by atoms with E-state index in [1.54, 1.807) is 31.4 Å². The van der Waals surface area contributed by atoms with Crippen molar-refractivity contribution in [1.29, 1.82) is 0 Å². The predicted molar refractivity (Wildman–Crippen MR) is 82.7 cm³/mol. The number of unbranched alkanes of at least 4 members (excludes halogenated alkanes) is 2. The van der Waals surface area contributed by atoms with Gasteiger partial charge in [-0.3, -0.25) is 9.59 Å². The van der Waals surface area contributed by atoms with E-state index in [0.29, 0.717) is 37.1 Å². The Balaban J connectivity index is 2.25. The van der Waals surface area contributed by atoms with Gasteiger partial charge in [-0.25, -0.2) is 0 Å². The van der Waals surface area contributed by atoms with Gasteiger partial charge in [0.25, 0.3) is 5.91 Å². The van der Waals surface area contributed by atoms with Crippen LogP contribution in [0.3, 0.4) is 0 Å². The average molecular weight is 309 g/mol.